The highest BCUT2D eigenvalue weighted by Gasteiger charge is 2.21. The Bertz CT molecular complexity index is 563. The summed E-state index contributed by atoms with van der Waals surface area (Å²) < 4.78 is 26.7. The fourth-order valence-electron chi connectivity index (χ4n) is 1.87. The zero-order valence-corrected chi connectivity index (χ0v) is 11.9. The lowest BCUT2D eigenvalue weighted by Crippen LogP contribution is -2.25. The van der Waals surface area contributed by atoms with Crippen molar-refractivity contribution >= 4 is 11.8 Å². The summed E-state index contributed by atoms with van der Waals surface area (Å²) in [6.07, 6.45) is 4.17. The van der Waals surface area contributed by atoms with Crippen LogP contribution in [0, 0.1) is 11.6 Å². The number of rotatable bonds is 5. The van der Waals surface area contributed by atoms with Crippen molar-refractivity contribution in [2.45, 2.75) is 29.5 Å². The van der Waals surface area contributed by atoms with Gasteiger partial charge in [0, 0.05) is 29.4 Å². The molecule has 20 heavy (non-hydrogen) atoms. The van der Waals surface area contributed by atoms with E-state index in [1.165, 1.54) is 23.9 Å². The number of hydrogen-bond donors (Lipinski definition) is 1. The molecule has 0 saturated carbocycles. The first-order chi connectivity index (χ1) is 9.61. The van der Waals surface area contributed by atoms with Gasteiger partial charge in [0.1, 0.15) is 11.6 Å². The Morgan fingerprint density at radius 3 is 2.70 bits per heavy atom. The Balaban J connectivity index is 2.29. The van der Waals surface area contributed by atoms with Crippen LogP contribution in [0.2, 0.25) is 0 Å². The second-order valence-electron chi connectivity index (χ2n) is 4.47. The quantitative estimate of drug-likeness (QED) is 0.849. The number of pyridine rings is 1. The summed E-state index contributed by atoms with van der Waals surface area (Å²) in [7, 11) is 0. The molecule has 0 spiro atoms. The van der Waals surface area contributed by atoms with E-state index < -0.39 is 11.6 Å². The van der Waals surface area contributed by atoms with E-state index in [4.69, 9.17) is 5.73 Å². The SMILES string of the molecule is CCC(N)C(Sc1ccc(F)cc1F)c1cccnc1. The number of nitrogens with zero attached hydrogens (tertiary/aromatic N) is 1. The lowest BCUT2D eigenvalue weighted by atomic mass is 10.1. The molecular weight excluding hydrogens is 278 g/mol. The second-order valence-corrected chi connectivity index (χ2v) is 5.66. The van der Waals surface area contributed by atoms with Crippen molar-refractivity contribution in [2.75, 3.05) is 0 Å². The Kier molecular flexibility index (Phi) is 5.09. The molecule has 0 radical (unpaired) electrons. The van der Waals surface area contributed by atoms with Gasteiger partial charge in [0.2, 0.25) is 0 Å². The molecule has 0 fully saturated rings. The molecule has 0 aliphatic carbocycles. The normalized spacial score (nSPS) is 14.0. The average molecular weight is 294 g/mol. The molecular formula is C15H16F2N2S. The minimum Gasteiger partial charge on any atom is -0.326 e. The Morgan fingerprint density at radius 2 is 2.10 bits per heavy atom. The van der Waals surface area contributed by atoms with Crippen LogP contribution in [0.3, 0.4) is 0 Å². The molecule has 106 valence electrons. The predicted octanol–water partition coefficient (Wildman–Crippen LogP) is 3.93. The third-order valence-corrected chi connectivity index (χ3v) is 4.48. The standard InChI is InChI=1S/C15H16F2N2S/c1-2-13(18)15(10-4-3-7-19-9-10)20-14-6-5-11(16)8-12(14)17/h3-9,13,15H,2,18H2,1H3. The van der Waals surface area contributed by atoms with Crippen LogP contribution in [0.1, 0.15) is 24.2 Å². The van der Waals surface area contributed by atoms with Gasteiger partial charge >= 0.3 is 0 Å². The van der Waals surface area contributed by atoms with Crippen LogP contribution in [-0.4, -0.2) is 11.0 Å². The van der Waals surface area contributed by atoms with Crippen LogP contribution in [0.25, 0.3) is 0 Å². The van der Waals surface area contributed by atoms with E-state index >= 15 is 0 Å². The zero-order chi connectivity index (χ0) is 14.5. The maximum absolute atomic E-state index is 13.8. The fourth-order valence-corrected chi connectivity index (χ4v) is 3.10. The molecule has 0 aliphatic heterocycles. The van der Waals surface area contributed by atoms with Crippen LogP contribution < -0.4 is 5.73 Å². The number of hydrogen-bond acceptors (Lipinski definition) is 3. The summed E-state index contributed by atoms with van der Waals surface area (Å²) >= 11 is 1.30. The van der Waals surface area contributed by atoms with Gasteiger partial charge in [-0.3, -0.25) is 4.98 Å². The third-order valence-electron chi connectivity index (χ3n) is 3.02. The van der Waals surface area contributed by atoms with Gasteiger partial charge in [-0.05, 0) is 30.2 Å². The first kappa shape index (κ1) is 14.9. The number of halogens is 2. The highest BCUT2D eigenvalue weighted by Crippen LogP contribution is 2.38. The van der Waals surface area contributed by atoms with Crippen LogP contribution in [0.15, 0.2) is 47.6 Å². The Morgan fingerprint density at radius 1 is 1.30 bits per heavy atom. The van der Waals surface area contributed by atoms with E-state index in [-0.39, 0.29) is 11.3 Å². The van der Waals surface area contributed by atoms with Crippen molar-refractivity contribution < 1.29 is 8.78 Å². The number of thioether (sulfide) groups is 1. The van der Waals surface area contributed by atoms with Gasteiger partial charge in [0.05, 0.1) is 5.25 Å². The molecule has 0 saturated heterocycles. The third kappa shape index (κ3) is 3.55. The van der Waals surface area contributed by atoms with Crippen molar-refractivity contribution in [3.05, 3.63) is 59.9 Å². The molecule has 0 bridgehead atoms. The second kappa shape index (κ2) is 6.81. The molecule has 1 aromatic heterocycles. The van der Waals surface area contributed by atoms with Gasteiger partial charge in [-0.1, -0.05) is 13.0 Å². The smallest absolute Gasteiger partial charge is 0.139 e. The lowest BCUT2D eigenvalue weighted by Gasteiger charge is -2.22. The molecule has 2 nitrogen and oxygen atoms in total. The molecule has 2 rings (SSSR count). The van der Waals surface area contributed by atoms with Gasteiger partial charge in [0.15, 0.2) is 0 Å². The van der Waals surface area contributed by atoms with Crippen LogP contribution in [0.5, 0.6) is 0 Å². The number of nitrogens with two attached hydrogens (primary N) is 1. The number of benzene rings is 1. The van der Waals surface area contributed by atoms with Crippen molar-refractivity contribution in [1.29, 1.82) is 0 Å². The van der Waals surface area contributed by atoms with E-state index in [2.05, 4.69) is 4.98 Å². The fraction of sp³-hybridized carbons (Fsp3) is 0.267. The van der Waals surface area contributed by atoms with Crippen molar-refractivity contribution in [2.24, 2.45) is 5.73 Å². The van der Waals surface area contributed by atoms with Gasteiger partial charge in [-0.2, -0.15) is 0 Å². The predicted molar refractivity (Wildman–Crippen MR) is 77.5 cm³/mol. The average Bonchev–Trinajstić information content (AvgIpc) is 2.46. The topological polar surface area (TPSA) is 38.9 Å². The number of aromatic nitrogens is 1. The van der Waals surface area contributed by atoms with Gasteiger partial charge < -0.3 is 5.73 Å². The highest BCUT2D eigenvalue weighted by atomic mass is 32.2. The van der Waals surface area contributed by atoms with Crippen molar-refractivity contribution in [3.8, 4) is 0 Å². The molecule has 2 unspecified atom stereocenters. The zero-order valence-electron chi connectivity index (χ0n) is 11.1. The van der Waals surface area contributed by atoms with Crippen LogP contribution >= 0.6 is 11.8 Å². The van der Waals surface area contributed by atoms with Gasteiger partial charge in [-0.25, -0.2) is 8.78 Å². The summed E-state index contributed by atoms with van der Waals surface area (Å²) in [4.78, 5) is 4.47. The molecule has 1 aromatic carbocycles. The molecule has 2 atom stereocenters. The van der Waals surface area contributed by atoms with E-state index in [0.29, 0.717) is 4.90 Å². The minimum absolute atomic E-state index is 0.117. The maximum Gasteiger partial charge on any atom is 0.139 e. The molecule has 2 aromatic rings. The summed E-state index contributed by atoms with van der Waals surface area (Å²) in [6.45, 7) is 1.98. The summed E-state index contributed by atoms with van der Waals surface area (Å²) in [6, 6.07) is 7.20. The van der Waals surface area contributed by atoms with Crippen LogP contribution in [-0.2, 0) is 0 Å². The Labute approximate surface area is 121 Å². The lowest BCUT2D eigenvalue weighted by molar-refractivity contribution is 0.564. The van der Waals surface area contributed by atoms with Crippen molar-refractivity contribution in [1.82, 2.24) is 4.98 Å². The first-order valence-electron chi connectivity index (χ1n) is 6.39. The van der Waals surface area contributed by atoms with Crippen molar-refractivity contribution in [3.63, 3.8) is 0 Å². The van der Waals surface area contributed by atoms with E-state index in [1.54, 1.807) is 12.4 Å². The van der Waals surface area contributed by atoms with E-state index in [1.807, 2.05) is 19.1 Å². The first-order valence-corrected chi connectivity index (χ1v) is 7.27. The minimum atomic E-state index is -0.579. The van der Waals surface area contributed by atoms with E-state index in [0.717, 1.165) is 18.1 Å². The van der Waals surface area contributed by atoms with Gasteiger partial charge in [-0.15, -0.1) is 11.8 Å². The van der Waals surface area contributed by atoms with Gasteiger partial charge in [0.25, 0.3) is 0 Å². The van der Waals surface area contributed by atoms with Crippen LogP contribution in [0.4, 0.5) is 8.78 Å². The Hall–Kier alpha value is -1.46. The molecule has 5 heteroatoms. The summed E-state index contributed by atoms with van der Waals surface area (Å²) in [5.41, 5.74) is 7.07. The maximum atomic E-state index is 13.8. The molecule has 1 heterocycles. The summed E-state index contributed by atoms with van der Waals surface area (Å²) in [5.74, 6) is -1.14. The highest BCUT2D eigenvalue weighted by molar-refractivity contribution is 7.99. The molecule has 0 amide bonds. The largest absolute Gasteiger partial charge is 0.326 e. The molecule has 2 N–H and O–H groups in total. The van der Waals surface area contributed by atoms with E-state index in [9.17, 15) is 8.78 Å². The molecule has 0 aliphatic rings. The summed E-state index contributed by atoms with van der Waals surface area (Å²) in [5, 5.41) is -0.117. The monoisotopic (exact) mass is 294 g/mol.